The molecule has 0 aliphatic carbocycles. The summed E-state index contributed by atoms with van der Waals surface area (Å²) < 4.78 is 3.05. The van der Waals surface area contributed by atoms with Gasteiger partial charge in [0.2, 0.25) is 0 Å². The molecule has 0 amide bonds. The fraction of sp³-hybridized carbons (Fsp3) is 0. The molecule has 0 aliphatic rings. The minimum atomic E-state index is 0.728. The maximum atomic E-state index is 4.20. The number of hydrogen-bond donors (Lipinski definition) is 0. The van der Waals surface area contributed by atoms with Crippen molar-refractivity contribution < 1.29 is 0 Å². The average molecular weight is 263 g/mol. The van der Waals surface area contributed by atoms with E-state index in [1.807, 2.05) is 41.5 Å². The third kappa shape index (κ3) is 1.50. The summed E-state index contributed by atoms with van der Waals surface area (Å²) in [6.45, 7) is 0. The molecule has 57 valence electrons. The van der Waals surface area contributed by atoms with Crippen LogP contribution in [0.4, 0.5) is 0 Å². The van der Waals surface area contributed by atoms with Crippen LogP contribution in [0.3, 0.4) is 0 Å². The topological polar surface area (TPSA) is 30.7 Å². The molecule has 2 heterocycles. The van der Waals surface area contributed by atoms with Crippen molar-refractivity contribution >= 4 is 26.1 Å². The molecule has 12 heavy (non-hydrogen) atoms. The van der Waals surface area contributed by atoms with E-state index in [9.17, 15) is 0 Å². The average Bonchev–Trinajstić information content (AvgIpc) is 2.58. The predicted octanol–water partition coefficient (Wildman–Crippen LogP) is 0.0611. The number of aromatic nitrogens is 3. The van der Waals surface area contributed by atoms with Gasteiger partial charge in [0.25, 0.3) is 0 Å². The summed E-state index contributed by atoms with van der Waals surface area (Å²) in [5.41, 5.74) is 0. The second-order valence-corrected chi connectivity index (χ2v) is 4.01. The summed E-state index contributed by atoms with van der Waals surface area (Å²) in [6.07, 6.45) is 7.55. The Morgan fingerprint density at radius 3 is 2.25 bits per heavy atom. The number of rotatable bonds is 1. The van der Waals surface area contributed by atoms with E-state index < -0.39 is 0 Å². The van der Waals surface area contributed by atoms with Gasteiger partial charge in [0.15, 0.2) is 0 Å². The van der Waals surface area contributed by atoms with Crippen LogP contribution in [0.25, 0.3) is 5.95 Å². The van der Waals surface area contributed by atoms with E-state index in [4.69, 9.17) is 0 Å². The molecule has 0 N–H and O–H groups in total. The summed E-state index contributed by atoms with van der Waals surface area (Å²) in [7, 11) is 0. The molecule has 2 aromatic rings. The molecule has 0 unspecified atom stereocenters. The molecule has 0 atom stereocenters. The standard InChI is InChI=1S/C8H6N3.Sn/c1-2-7-11(6-1)8-9-4-3-5-10-8;/h1-2,4-7H;. The Balaban J connectivity index is 2.43. The normalized spacial score (nSPS) is 10.1. The molecule has 2 aromatic heterocycles. The van der Waals surface area contributed by atoms with Gasteiger partial charge >= 0.3 is 83.5 Å². The van der Waals surface area contributed by atoms with E-state index in [1.54, 1.807) is 0 Å². The molecule has 4 heteroatoms. The fourth-order valence-corrected chi connectivity index (χ4v) is 1.29. The van der Waals surface area contributed by atoms with Gasteiger partial charge in [-0.25, -0.2) is 0 Å². The summed E-state index contributed by atoms with van der Waals surface area (Å²) >= 11 is 1.35. The van der Waals surface area contributed by atoms with Gasteiger partial charge in [0, 0.05) is 0 Å². The van der Waals surface area contributed by atoms with Gasteiger partial charge in [0.05, 0.1) is 0 Å². The van der Waals surface area contributed by atoms with Crippen LogP contribution in [0, 0.1) is 0 Å². The van der Waals surface area contributed by atoms with Gasteiger partial charge in [-0.15, -0.1) is 0 Å². The van der Waals surface area contributed by atoms with Crippen LogP contribution in [0.15, 0.2) is 36.9 Å². The zero-order chi connectivity index (χ0) is 8.39. The van der Waals surface area contributed by atoms with E-state index in [1.165, 1.54) is 22.5 Å². The van der Waals surface area contributed by atoms with Crippen LogP contribution in [0.2, 0.25) is 0 Å². The van der Waals surface area contributed by atoms with Gasteiger partial charge in [-0.2, -0.15) is 0 Å². The summed E-state index contributed by atoms with van der Waals surface area (Å²) in [4.78, 5) is 8.39. The molecule has 0 saturated heterocycles. The van der Waals surface area contributed by atoms with Crippen molar-refractivity contribution in [3.8, 4) is 5.95 Å². The maximum absolute atomic E-state index is 4.20. The fourth-order valence-electron chi connectivity index (χ4n) is 0.922. The van der Waals surface area contributed by atoms with Crippen LogP contribution in [-0.2, 0) is 0 Å². The summed E-state index contributed by atoms with van der Waals surface area (Å²) in [6, 6.07) is 3.91. The predicted molar refractivity (Wildman–Crippen MR) is 46.7 cm³/mol. The third-order valence-electron chi connectivity index (χ3n) is 1.47. The number of nitrogens with zero attached hydrogens (tertiary/aromatic N) is 3. The van der Waals surface area contributed by atoms with Crippen LogP contribution in [0.1, 0.15) is 0 Å². The Morgan fingerprint density at radius 2 is 1.67 bits per heavy atom. The van der Waals surface area contributed by atoms with Crippen molar-refractivity contribution in [1.29, 1.82) is 0 Å². The Kier molecular flexibility index (Phi) is 2.12. The number of hydrogen-bond acceptors (Lipinski definition) is 2. The first-order valence-electron chi connectivity index (χ1n) is 3.53. The molecule has 0 spiro atoms. The Labute approximate surface area is 83.6 Å². The molecular formula is C8H6N3Sn. The van der Waals surface area contributed by atoms with Crippen molar-refractivity contribution in [2.45, 2.75) is 0 Å². The zero-order valence-electron chi connectivity index (χ0n) is 6.31. The van der Waals surface area contributed by atoms with Crippen molar-refractivity contribution in [3.05, 3.63) is 36.9 Å². The molecule has 0 saturated carbocycles. The van der Waals surface area contributed by atoms with Crippen molar-refractivity contribution in [2.75, 3.05) is 0 Å². The van der Waals surface area contributed by atoms with Crippen molar-refractivity contribution in [2.24, 2.45) is 0 Å². The molecule has 0 bridgehead atoms. The van der Waals surface area contributed by atoms with Gasteiger partial charge in [-0.05, 0) is 0 Å². The SMILES string of the molecule is [Sn][c]1cnc(-n2cccc2)nc1. The van der Waals surface area contributed by atoms with Gasteiger partial charge in [-0.3, -0.25) is 0 Å². The monoisotopic (exact) mass is 264 g/mol. The van der Waals surface area contributed by atoms with Gasteiger partial charge in [0.1, 0.15) is 0 Å². The van der Waals surface area contributed by atoms with Crippen LogP contribution in [0.5, 0.6) is 0 Å². The Hall–Kier alpha value is -0.841. The first kappa shape index (κ1) is 7.79. The molecular weight excluding hydrogens is 257 g/mol. The molecule has 0 aromatic carbocycles. The molecule has 3 radical (unpaired) electrons. The minimum absolute atomic E-state index is 0.728. The van der Waals surface area contributed by atoms with Crippen LogP contribution < -0.4 is 3.58 Å². The van der Waals surface area contributed by atoms with Gasteiger partial charge < -0.3 is 0 Å². The van der Waals surface area contributed by atoms with E-state index in [-0.39, 0.29) is 0 Å². The van der Waals surface area contributed by atoms with Crippen LogP contribution in [-0.4, -0.2) is 37.1 Å². The zero-order valence-corrected chi connectivity index (χ0v) is 9.16. The quantitative estimate of drug-likeness (QED) is 0.681. The van der Waals surface area contributed by atoms with E-state index in [2.05, 4.69) is 9.97 Å². The second-order valence-electron chi connectivity index (χ2n) is 2.36. The van der Waals surface area contributed by atoms with Crippen molar-refractivity contribution in [1.82, 2.24) is 14.5 Å². The summed E-state index contributed by atoms with van der Waals surface area (Å²) in [5, 5.41) is 0. The van der Waals surface area contributed by atoms with E-state index >= 15 is 0 Å². The van der Waals surface area contributed by atoms with Gasteiger partial charge in [-0.1, -0.05) is 0 Å². The first-order chi connectivity index (χ1) is 5.86. The molecule has 0 fully saturated rings. The third-order valence-corrected chi connectivity index (χ3v) is 2.21. The Morgan fingerprint density at radius 1 is 1.08 bits per heavy atom. The van der Waals surface area contributed by atoms with E-state index in [0.717, 1.165) is 9.53 Å². The first-order valence-corrected chi connectivity index (χ1v) is 4.96. The molecule has 2 rings (SSSR count). The second kappa shape index (κ2) is 3.26. The molecule has 0 aliphatic heterocycles. The summed E-state index contributed by atoms with van der Waals surface area (Å²) in [5.74, 6) is 0.728. The Bertz CT molecular complexity index is 352. The van der Waals surface area contributed by atoms with Crippen molar-refractivity contribution in [3.63, 3.8) is 0 Å². The van der Waals surface area contributed by atoms with E-state index in [0.29, 0.717) is 0 Å². The molecule has 3 nitrogen and oxygen atoms in total. The van der Waals surface area contributed by atoms with Crippen LogP contribution >= 0.6 is 0 Å².